The van der Waals surface area contributed by atoms with Crippen LogP contribution in [0.3, 0.4) is 0 Å². The van der Waals surface area contributed by atoms with Crippen LogP contribution in [0.15, 0.2) is 0 Å². The highest BCUT2D eigenvalue weighted by molar-refractivity contribution is 5.81. The van der Waals surface area contributed by atoms with E-state index in [4.69, 9.17) is 5.73 Å². The zero-order valence-electron chi connectivity index (χ0n) is 9.33. The van der Waals surface area contributed by atoms with Gasteiger partial charge in [-0.05, 0) is 31.6 Å². The third-order valence-electron chi connectivity index (χ3n) is 2.74. The second-order valence-corrected chi connectivity index (χ2v) is 4.24. The van der Waals surface area contributed by atoms with Gasteiger partial charge >= 0.3 is 0 Å². The molecule has 1 rings (SSSR count). The molecule has 0 heterocycles. The first-order chi connectivity index (χ1) is 6.69. The highest BCUT2D eigenvalue weighted by Gasteiger charge is 2.27. The maximum absolute atomic E-state index is 11.8. The van der Waals surface area contributed by atoms with Gasteiger partial charge in [0, 0.05) is 13.1 Å². The van der Waals surface area contributed by atoms with E-state index >= 15 is 0 Å². The number of hydrogen-bond acceptors (Lipinski definition) is 2. The van der Waals surface area contributed by atoms with E-state index in [0.717, 1.165) is 31.8 Å². The topological polar surface area (TPSA) is 46.3 Å². The Bertz CT molecular complexity index is 190. The lowest BCUT2D eigenvalue weighted by Crippen LogP contribution is -2.44. The second kappa shape index (κ2) is 5.35. The Morgan fingerprint density at radius 3 is 2.57 bits per heavy atom. The fourth-order valence-electron chi connectivity index (χ4n) is 1.58. The fourth-order valence-corrected chi connectivity index (χ4v) is 1.58. The molecule has 1 amide bonds. The molecule has 1 aliphatic carbocycles. The van der Waals surface area contributed by atoms with Gasteiger partial charge in [0.25, 0.3) is 0 Å². The minimum atomic E-state index is -0.291. The van der Waals surface area contributed by atoms with Crippen molar-refractivity contribution in [2.45, 2.75) is 45.6 Å². The van der Waals surface area contributed by atoms with E-state index in [-0.39, 0.29) is 11.9 Å². The zero-order chi connectivity index (χ0) is 10.6. The first-order valence-electron chi connectivity index (χ1n) is 5.73. The minimum Gasteiger partial charge on any atom is -0.341 e. The Morgan fingerprint density at radius 2 is 2.14 bits per heavy atom. The van der Waals surface area contributed by atoms with E-state index in [1.807, 2.05) is 11.8 Å². The number of rotatable bonds is 6. The third kappa shape index (κ3) is 3.29. The van der Waals surface area contributed by atoms with Crippen LogP contribution in [0, 0.1) is 5.92 Å². The second-order valence-electron chi connectivity index (χ2n) is 4.24. The Morgan fingerprint density at radius 1 is 1.50 bits per heavy atom. The molecule has 1 aliphatic rings. The van der Waals surface area contributed by atoms with Gasteiger partial charge in [0.15, 0.2) is 0 Å². The van der Waals surface area contributed by atoms with E-state index in [0.29, 0.717) is 0 Å². The molecule has 0 aliphatic heterocycles. The maximum atomic E-state index is 11.8. The quantitative estimate of drug-likeness (QED) is 0.700. The van der Waals surface area contributed by atoms with Crippen molar-refractivity contribution in [3.8, 4) is 0 Å². The third-order valence-corrected chi connectivity index (χ3v) is 2.74. The number of carbonyl (C=O) groups excluding carboxylic acids is 1. The van der Waals surface area contributed by atoms with Crippen molar-refractivity contribution in [3.63, 3.8) is 0 Å². The van der Waals surface area contributed by atoms with Gasteiger partial charge in [0.2, 0.25) is 5.91 Å². The standard InChI is InChI=1S/C11H22N2O/c1-3-7-13(8-9-5-6-9)11(14)10(12)4-2/h9-10H,3-8,12H2,1-2H3. The lowest BCUT2D eigenvalue weighted by Gasteiger charge is -2.24. The molecule has 0 saturated heterocycles. The highest BCUT2D eigenvalue weighted by Crippen LogP contribution is 2.29. The summed E-state index contributed by atoms with van der Waals surface area (Å²) >= 11 is 0. The molecular formula is C11H22N2O. The Labute approximate surface area is 86.6 Å². The highest BCUT2D eigenvalue weighted by atomic mass is 16.2. The van der Waals surface area contributed by atoms with Gasteiger partial charge in [-0.2, -0.15) is 0 Å². The van der Waals surface area contributed by atoms with Crippen molar-refractivity contribution < 1.29 is 4.79 Å². The summed E-state index contributed by atoms with van der Waals surface area (Å²) in [6.45, 7) is 5.86. The van der Waals surface area contributed by atoms with Crippen molar-refractivity contribution in [2.75, 3.05) is 13.1 Å². The fraction of sp³-hybridized carbons (Fsp3) is 0.909. The summed E-state index contributed by atoms with van der Waals surface area (Å²) in [7, 11) is 0. The Balaban J connectivity index is 2.42. The number of nitrogens with two attached hydrogens (primary N) is 1. The molecule has 0 spiro atoms. The summed E-state index contributed by atoms with van der Waals surface area (Å²) in [5.74, 6) is 0.899. The van der Waals surface area contributed by atoms with Gasteiger partial charge < -0.3 is 10.6 Å². The molecule has 1 unspecified atom stereocenters. The van der Waals surface area contributed by atoms with E-state index in [1.54, 1.807) is 0 Å². The first-order valence-corrected chi connectivity index (χ1v) is 5.73. The van der Waals surface area contributed by atoms with Crippen LogP contribution in [0.4, 0.5) is 0 Å². The average molecular weight is 198 g/mol. The van der Waals surface area contributed by atoms with E-state index in [9.17, 15) is 4.79 Å². The molecule has 0 aromatic rings. The molecule has 14 heavy (non-hydrogen) atoms. The van der Waals surface area contributed by atoms with Crippen LogP contribution in [0.25, 0.3) is 0 Å². The van der Waals surface area contributed by atoms with E-state index in [2.05, 4.69) is 6.92 Å². The minimum absolute atomic E-state index is 0.140. The summed E-state index contributed by atoms with van der Waals surface area (Å²) in [4.78, 5) is 13.8. The Kier molecular flexibility index (Phi) is 4.39. The summed E-state index contributed by atoms with van der Waals surface area (Å²) in [6, 6.07) is -0.291. The van der Waals surface area contributed by atoms with Gasteiger partial charge in [-0.1, -0.05) is 13.8 Å². The summed E-state index contributed by atoms with van der Waals surface area (Å²) in [6.07, 6.45) is 4.34. The van der Waals surface area contributed by atoms with E-state index < -0.39 is 0 Å². The smallest absolute Gasteiger partial charge is 0.239 e. The number of carbonyl (C=O) groups is 1. The zero-order valence-corrected chi connectivity index (χ0v) is 9.33. The van der Waals surface area contributed by atoms with Gasteiger partial charge in [-0.25, -0.2) is 0 Å². The van der Waals surface area contributed by atoms with Crippen molar-refractivity contribution >= 4 is 5.91 Å². The van der Waals surface area contributed by atoms with Gasteiger partial charge in [-0.3, -0.25) is 4.79 Å². The van der Waals surface area contributed by atoms with Crippen LogP contribution in [0.2, 0.25) is 0 Å². The van der Waals surface area contributed by atoms with Gasteiger partial charge in [0.05, 0.1) is 6.04 Å². The number of hydrogen-bond donors (Lipinski definition) is 1. The average Bonchev–Trinajstić information content (AvgIpc) is 2.98. The molecular weight excluding hydrogens is 176 g/mol. The Hall–Kier alpha value is -0.570. The number of amides is 1. The van der Waals surface area contributed by atoms with Gasteiger partial charge in [0.1, 0.15) is 0 Å². The molecule has 1 saturated carbocycles. The molecule has 0 aromatic carbocycles. The van der Waals surface area contributed by atoms with Crippen molar-refractivity contribution in [1.29, 1.82) is 0 Å². The van der Waals surface area contributed by atoms with Gasteiger partial charge in [-0.15, -0.1) is 0 Å². The van der Waals surface area contributed by atoms with Crippen LogP contribution in [-0.2, 0) is 4.79 Å². The lowest BCUT2D eigenvalue weighted by molar-refractivity contribution is -0.133. The molecule has 1 fully saturated rings. The predicted octanol–water partition coefficient (Wildman–Crippen LogP) is 1.37. The largest absolute Gasteiger partial charge is 0.341 e. The lowest BCUT2D eigenvalue weighted by atomic mass is 10.2. The SMILES string of the molecule is CCCN(CC1CC1)C(=O)C(N)CC. The molecule has 2 N–H and O–H groups in total. The first kappa shape index (κ1) is 11.5. The van der Waals surface area contributed by atoms with Crippen molar-refractivity contribution in [1.82, 2.24) is 4.90 Å². The van der Waals surface area contributed by atoms with E-state index in [1.165, 1.54) is 12.8 Å². The monoisotopic (exact) mass is 198 g/mol. The van der Waals surface area contributed by atoms with Crippen LogP contribution < -0.4 is 5.73 Å². The maximum Gasteiger partial charge on any atom is 0.239 e. The molecule has 0 aromatic heterocycles. The molecule has 0 radical (unpaired) electrons. The number of nitrogens with zero attached hydrogens (tertiary/aromatic N) is 1. The molecule has 3 heteroatoms. The van der Waals surface area contributed by atoms with Crippen molar-refractivity contribution in [3.05, 3.63) is 0 Å². The summed E-state index contributed by atoms with van der Waals surface area (Å²) < 4.78 is 0. The van der Waals surface area contributed by atoms with Crippen LogP contribution in [0.5, 0.6) is 0 Å². The molecule has 3 nitrogen and oxygen atoms in total. The summed E-state index contributed by atoms with van der Waals surface area (Å²) in [5.41, 5.74) is 5.75. The predicted molar refractivity (Wildman–Crippen MR) is 57.9 cm³/mol. The normalized spacial score (nSPS) is 17.9. The van der Waals surface area contributed by atoms with Crippen LogP contribution in [0.1, 0.15) is 39.5 Å². The molecule has 1 atom stereocenters. The molecule has 82 valence electrons. The summed E-state index contributed by atoms with van der Waals surface area (Å²) in [5, 5.41) is 0. The molecule has 0 bridgehead atoms. The van der Waals surface area contributed by atoms with Crippen LogP contribution in [-0.4, -0.2) is 29.9 Å². The van der Waals surface area contributed by atoms with Crippen molar-refractivity contribution in [2.24, 2.45) is 11.7 Å². The van der Waals surface area contributed by atoms with Crippen LogP contribution >= 0.6 is 0 Å².